The molecule has 3 aromatic rings. The Balaban J connectivity index is 1.35. The molecule has 2 atom stereocenters. The summed E-state index contributed by atoms with van der Waals surface area (Å²) in [4.78, 5) is 38.8. The van der Waals surface area contributed by atoms with Gasteiger partial charge in [0, 0.05) is 40.3 Å². The summed E-state index contributed by atoms with van der Waals surface area (Å²) in [5.41, 5.74) is 2.51. The van der Waals surface area contributed by atoms with E-state index in [-0.39, 0.29) is 28.3 Å². The van der Waals surface area contributed by atoms with Crippen molar-refractivity contribution in [3.8, 4) is 23.7 Å². The van der Waals surface area contributed by atoms with Crippen LogP contribution >= 0.6 is 0 Å². The zero-order valence-corrected chi connectivity index (χ0v) is 19.9. The smallest absolute Gasteiger partial charge is 0.339 e. The number of aliphatic hydroxyl groups is 1. The number of carbonyl (C=O) groups excluding carboxylic acids is 3. The number of carbonyl (C=O) groups is 3. The van der Waals surface area contributed by atoms with Crippen molar-refractivity contribution in [2.75, 3.05) is 0 Å². The van der Waals surface area contributed by atoms with Gasteiger partial charge in [-0.25, -0.2) is 4.79 Å². The highest BCUT2D eigenvalue weighted by Gasteiger charge is 2.30. The summed E-state index contributed by atoms with van der Waals surface area (Å²) < 4.78 is 5.66. The van der Waals surface area contributed by atoms with E-state index >= 15 is 0 Å². The first-order valence-corrected chi connectivity index (χ1v) is 12.0. The molecule has 3 aromatic carbocycles. The van der Waals surface area contributed by atoms with Crippen molar-refractivity contribution in [3.05, 3.63) is 118 Å². The first-order valence-electron chi connectivity index (χ1n) is 12.0. The molecular formula is C32H22O5. The van der Waals surface area contributed by atoms with Crippen LogP contribution in [0.5, 0.6) is 0 Å². The molecular weight excluding hydrogens is 464 g/mol. The van der Waals surface area contributed by atoms with E-state index in [0.29, 0.717) is 41.5 Å². The van der Waals surface area contributed by atoms with Gasteiger partial charge in [0.1, 0.15) is 6.10 Å². The maximum atomic E-state index is 13.0. The molecule has 0 saturated carbocycles. The highest BCUT2D eigenvalue weighted by molar-refractivity contribution is 6.28. The Bertz CT molecular complexity index is 1560. The number of benzene rings is 3. The summed E-state index contributed by atoms with van der Waals surface area (Å²) in [6.45, 7) is 0. The monoisotopic (exact) mass is 486 g/mol. The second kappa shape index (κ2) is 10.5. The van der Waals surface area contributed by atoms with Gasteiger partial charge in [0.2, 0.25) is 0 Å². The van der Waals surface area contributed by atoms with Crippen molar-refractivity contribution in [1.29, 1.82) is 0 Å². The molecule has 0 radical (unpaired) electrons. The molecule has 0 aliphatic heterocycles. The lowest BCUT2D eigenvalue weighted by Gasteiger charge is -2.18. The molecule has 0 fully saturated rings. The minimum Gasteiger partial charge on any atom is -0.446 e. The predicted molar refractivity (Wildman–Crippen MR) is 138 cm³/mol. The summed E-state index contributed by atoms with van der Waals surface area (Å²) in [6, 6.07) is 20.3. The summed E-state index contributed by atoms with van der Waals surface area (Å²) in [5, 5.41) is 10.7. The number of ether oxygens (including phenoxy) is 1. The fourth-order valence-corrected chi connectivity index (χ4v) is 4.34. The molecule has 0 spiro atoms. The molecule has 2 aliphatic carbocycles. The molecule has 2 aliphatic rings. The van der Waals surface area contributed by atoms with E-state index in [1.807, 2.05) is 30.3 Å². The number of hydrogen-bond acceptors (Lipinski definition) is 5. The van der Waals surface area contributed by atoms with E-state index in [0.717, 1.165) is 0 Å². The fraction of sp³-hybridized carbons (Fsp3) is 0.156. The molecule has 0 aromatic heterocycles. The van der Waals surface area contributed by atoms with Crippen LogP contribution in [0.15, 0.2) is 84.4 Å². The van der Waals surface area contributed by atoms with Gasteiger partial charge in [-0.3, -0.25) is 9.59 Å². The van der Waals surface area contributed by atoms with Gasteiger partial charge in [-0.05, 0) is 36.6 Å². The van der Waals surface area contributed by atoms with Crippen LogP contribution in [0.25, 0.3) is 0 Å². The third-order valence-electron chi connectivity index (χ3n) is 6.29. The molecule has 0 amide bonds. The first kappa shape index (κ1) is 24.0. The Morgan fingerprint density at radius 2 is 1.57 bits per heavy atom. The SMILES string of the molecule is O=C(OC1C#C/C=C(/C(O)c2ccccc2)C#CCCC1)c1ccc2c(c1)C(=O)c1ccccc1C2=O. The Hall–Kier alpha value is -4.71. The highest BCUT2D eigenvalue weighted by Crippen LogP contribution is 2.28. The van der Waals surface area contributed by atoms with Gasteiger partial charge in [-0.1, -0.05) is 78.3 Å². The minimum atomic E-state index is -0.899. The molecule has 0 saturated heterocycles. The van der Waals surface area contributed by atoms with Crippen molar-refractivity contribution < 1.29 is 24.2 Å². The minimum absolute atomic E-state index is 0.175. The van der Waals surface area contributed by atoms with Gasteiger partial charge in [0.25, 0.3) is 0 Å². The van der Waals surface area contributed by atoms with Crippen LogP contribution in [-0.2, 0) is 4.74 Å². The molecule has 180 valence electrons. The third-order valence-corrected chi connectivity index (χ3v) is 6.29. The van der Waals surface area contributed by atoms with Crippen molar-refractivity contribution in [2.45, 2.75) is 31.5 Å². The van der Waals surface area contributed by atoms with Gasteiger partial charge in [0.05, 0.1) is 5.56 Å². The van der Waals surface area contributed by atoms with Crippen molar-refractivity contribution in [2.24, 2.45) is 0 Å². The quantitative estimate of drug-likeness (QED) is 0.330. The van der Waals surface area contributed by atoms with Crippen LogP contribution in [0.4, 0.5) is 0 Å². The van der Waals surface area contributed by atoms with E-state index in [1.54, 1.807) is 30.3 Å². The lowest BCUT2D eigenvalue weighted by atomic mass is 9.83. The lowest BCUT2D eigenvalue weighted by Crippen LogP contribution is -2.22. The maximum absolute atomic E-state index is 13.0. The number of allylic oxidation sites excluding steroid dienone is 1. The van der Waals surface area contributed by atoms with Gasteiger partial charge >= 0.3 is 5.97 Å². The number of hydrogen-bond donors (Lipinski definition) is 1. The largest absolute Gasteiger partial charge is 0.446 e. The molecule has 37 heavy (non-hydrogen) atoms. The highest BCUT2D eigenvalue weighted by atomic mass is 16.5. The van der Waals surface area contributed by atoms with Crippen LogP contribution in [0, 0.1) is 23.7 Å². The van der Waals surface area contributed by atoms with Gasteiger partial charge in [0.15, 0.2) is 17.7 Å². The molecule has 5 heteroatoms. The fourth-order valence-electron chi connectivity index (χ4n) is 4.34. The van der Waals surface area contributed by atoms with E-state index in [1.165, 1.54) is 18.2 Å². The molecule has 0 heterocycles. The van der Waals surface area contributed by atoms with E-state index in [2.05, 4.69) is 23.7 Å². The van der Waals surface area contributed by atoms with Crippen molar-refractivity contribution in [1.82, 2.24) is 0 Å². The summed E-state index contributed by atoms with van der Waals surface area (Å²) in [6.07, 6.45) is 1.67. The molecule has 1 N–H and O–H groups in total. The Labute approximate surface area is 214 Å². The van der Waals surface area contributed by atoms with Crippen LogP contribution < -0.4 is 0 Å². The first-order chi connectivity index (χ1) is 18.0. The van der Waals surface area contributed by atoms with Crippen molar-refractivity contribution in [3.63, 3.8) is 0 Å². The number of rotatable bonds is 4. The molecule has 5 nitrogen and oxygen atoms in total. The van der Waals surface area contributed by atoms with Gasteiger partial charge in [-0.15, -0.1) is 0 Å². The lowest BCUT2D eigenvalue weighted by molar-refractivity contribution is 0.0394. The van der Waals surface area contributed by atoms with E-state index < -0.39 is 18.2 Å². The van der Waals surface area contributed by atoms with Crippen molar-refractivity contribution >= 4 is 17.5 Å². The molecule has 0 bridgehead atoms. The Kier molecular flexibility index (Phi) is 6.81. The normalized spacial score (nSPS) is 18.4. The Morgan fingerprint density at radius 1 is 0.892 bits per heavy atom. The second-order valence-corrected chi connectivity index (χ2v) is 8.75. The van der Waals surface area contributed by atoms with Crippen LogP contribution in [-0.4, -0.2) is 28.7 Å². The molecule has 2 unspecified atom stereocenters. The Morgan fingerprint density at radius 3 is 2.32 bits per heavy atom. The number of ketones is 2. The topological polar surface area (TPSA) is 80.7 Å². The van der Waals surface area contributed by atoms with Gasteiger partial charge in [-0.2, -0.15) is 0 Å². The van der Waals surface area contributed by atoms with Gasteiger partial charge < -0.3 is 9.84 Å². The number of aliphatic hydroxyl groups excluding tert-OH is 1. The zero-order valence-electron chi connectivity index (χ0n) is 19.9. The number of fused-ring (bicyclic) bond motifs is 2. The van der Waals surface area contributed by atoms with E-state index in [4.69, 9.17) is 4.74 Å². The maximum Gasteiger partial charge on any atom is 0.339 e. The number of esters is 1. The molecule has 5 rings (SSSR count). The van der Waals surface area contributed by atoms with Crippen LogP contribution in [0.2, 0.25) is 0 Å². The van der Waals surface area contributed by atoms with E-state index in [9.17, 15) is 19.5 Å². The second-order valence-electron chi connectivity index (χ2n) is 8.75. The summed E-state index contributed by atoms with van der Waals surface area (Å²) >= 11 is 0. The summed E-state index contributed by atoms with van der Waals surface area (Å²) in [7, 11) is 0. The summed E-state index contributed by atoms with van der Waals surface area (Å²) in [5.74, 6) is 10.7. The third kappa shape index (κ3) is 5.00. The standard InChI is InChI=1S/C32H22O5/c33-29(21-10-3-1-4-11-21)22-12-5-2-6-14-24(15-9-13-22)37-32(36)23-18-19-27-28(20-23)31(35)26-17-8-7-16-25(26)30(27)34/h1,3-4,7-8,10-11,13,16-20,24,29,33H,2,6,14H2/b22-13+. The van der Waals surface area contributed by atoms with Crippen LogP contribution in [0.1, 0.15) is 73.1 Å². The van der Waals surface area contributed by atoms with Crippen LogP contribution in [0.3, 0.4) is 0 Å². The predicted octanol–water partition coefficient (Wildman–Crippen LogP) is 4.84. The average molecular weight is 487 g/mol. The average Bonchev–Trinajstić information content (AvgIpc) is 2.94. The zero-order chi connectivity index (χ0) is 25.8.